The number of hydrogen-bond acceptors (Lipinski definition) is 4. The van der Waals surface area contributed by atoms with E-state index in [9.17, 15) is 9.18 Å². The Morgan fingerprint density at radius 1 is 1.53 bits per heavy atom. The minimum Gasteiger partial charge on any atom is -0.363 e. The van der Waals surface area contributed by atoms with E-state index in [0.717, 1.165) is 11.5 Å². The number of benzene rings is 1. The summed E-state index contributed by atoms with van der Waals surface area (Å²) in [7, 11) is 0. The van der Waals surface area contributed by atoms with Gasteiger partial charge in [-0.2, -0.15) is 4.37 Å². The van der Waals surface area contributed by atoms with E-state index in [1.165, 1.54) is 18.2 Å². The molecule has 0 bridgehead atoms. The van der Waals surface area contributed by atoms with Gasteiger partial charge in [-0.25, -0.2) is 9.37 Å². The van der Waals surface area contributed by atoms with Crippen molar-refractivity contribution in [3.05, 3.63) is 34.6 Å². The van der Waals surface area contributed by atoms with Crippen LogP contribution in [0.5, 0.6) is 0 Å². The molecule has 0 saturated heterocycles. The number of aromatic nitrogens is 2. The van der Waals surface area contributed by atoms with E-state index < -0.39 is 11.7 Å². The zero-order valence-corrected chi connectivity index (χ0v) is 9.29. The van der Waals surface area contributed by atoms with E-state index in [4.69, 9.17) is 12.2 Å². The molecule has 0 spiro atoms. The second-order valence-electron chi connectivity index (χ2n) is 3.13. The van der Waals surface area contributed by atoms with Gasteiger partial charge >= 0.3 is 0 Å². The van der Waals surface area contributed by atoms with Crippen LogP contribution in [0, 0.1) is 18.2 Å². The van der Waals surface area contributed by atoms with Crippen molar-refractivity contribution in [1.29, 1.82) is 0 Å². The van der Waals surface area contributed by atoms with Gasteiger partial charge < -0.3 is 5.73 Å². The van der Waals surface area contributed by atoms with E-state index in [2.05, 4.69) is 15.3 Å². The minimum atomic E-state index is -0.692. The summed E-state index contributed by atoms with van der Waals surface area (Å²) in [6.07, 6.45) is 5.22. The van der Waals surface area contributed by atoms with Gasteiger partial charge in [0, 0.05) is 5.56 Å². The molecule has 2 N–H and O–H groups in total. The Hall–Kier alpha value is -2.26. The van der Waals surface area contributed by atoms with Crippen LogP contribution in [0.4, 0.5) is 4.39 Å². The fourth-order valence-electron chi connectivity index (χ4n) is 1.22. The molecule has 0 saturated carbocycles. The van der Waals surface area contributed by atoms with Crippen molar-refractivity contribution < 1.29 is 9.18 Å². The van der Waals surface area contributed by atoms with Gasteiger partial charge in [0.1, 0.15) is 5.82 Å². The molecule has 0 atom stereocenters. The molecular weight excluding hydrogens is 241 g/mol. The van der Waals surface area contributed by atoms with Crippen molar-refractivity contribution in [1.82, 2.24) is 9.36 Å². The van der Waals surface area contributed by atoms with Crippen molar-refractivity contribution in [2.75, 3.05) is 0 Å². The molecule has 0 aliphatic rings. The molecule has 2 rings (SSSR count). The normalized spacial score (nSPS) is 9.88. The van der Waals surface area contributed by atoms with Gasteiger partial charge in [0.05, 0.1) is 5.56 Å². The summed E-state index contributed by atoms with van der Waals surface area (Å²) < 4.78 is 17.4. The molecule has 4 nitrogen and oxygen atoms in total. The van der Waals surface area contributed by atoms with Crippen LogP contribution in [-0.4, -0.2) is 15.3 Å². The molecule has 1 heterocycles. The largest absolute Gasteiger partial charge is 0.363 e. The van der Waals surface area contributed by atoms with E-state index >= 15 is 0 Å². The first-order valence-corrected chi connectivity index (χ1v) is 5.29. The summed E-state index contributed by atoms with van der Waals surface area (Å²) >= 11 is 0.821. The van der Waals surface area contributed by atoms with E-state index in [1.54, 1.807) is 0 Å². The molecule has 0 fully saturated rings. The van der Waals surface area contributed by atoms with Crippen molar-refractivity contribution in [2.24, 2.45) is 5.73 Å². The van der Waals surface area contributed by atoms with E-state index in [-0.39, 0.29) is 16.4 Å². The van der Waals surface area contributed by atoms with Crippen LogP contribution in [0.15, 0.2) is 18.2 Å². The predicted molar refractivity (Wildman–Crippen MR) is 61.8 cm³/mol. The summed E-state index contributed by atoms with van der Waals surface area (Å²) in [6, 6.07) is 4.15. The molecule has 0 aliphatic carbocycles. The Morgan fingerprint density at radius 2 is 2.29 bits per heavy atom. The number of primary amides is 1. The van der Waals surface area contributed by atoms with Crippen molar-refractivity contribution in [2.45, 2.75) is 0 Å². The number of carbonyl (C=O) groups excluding carboxylic acids is 1. The van der Waals surface area contributed by atoms with Crippen LogP contribution in [0.3, 0.4) is 0 Å². The van der Waals surface area contributed by atoms with Gasteiger partial charge in [0.25, 0.3) is 5.91 Å². The first-order chi connectivity index (χ1) is 8.11. The average molecular weight is 247 g/mol. The Bertz CT molecular complexity index is 630. The maximum Gasteiger partial charge on any atom is 0.279 e. The number of carbonyl (C=O) groups is 1. The van der Waals surface area contributed by atoms with Gasteiger partial charge in [0.15, 0.2) is 5.82 Å². The van der Waals surface area contributed by atoms with Crippen LogP contribution in [0.25, 0.3) is 11.4 Å². The van der Waals surface area contributed by atoms with Gasteiger partial charge in [0.2, 0.25) is 5.01 Å². The molecule has 1 aromatic carbocycles. The summed E-state index contributed by atoms with van der Waals surface area (Å²) in [5, 5.41) is 0.0329. The molecular formula is C11H6FN3OS. The molecule has 84 valence electrons. The average Bonchev–Trinajstić information content (AvgIpc) is 2.79. The third kappa shape index (κ3) is 2.14. The summed E-state index contributed by atoms with van der Waals surface area (Å²) in [6.45, 7) is 0. The number of halogens is 1. The first kappa shape index (κ1) is 11.2. The number of nitrogens with zero attached hydrogens (tertiary/aromatic N) is 2. The maximum absolute atomic E-state index is 13.5. The molecule has 1 amide bonds. The lowest BCUT2D eigenvalue weighted by Crippen LogP contribution is -2.10. The topological polar surface area (TPSA) is 68.9 Å². The fraction of sp³-hybridized carbons (Fsp3) is 0. The lowest BCUT2D eigenvalue weighted by molar-refractivity contribution is 0.1000. The highest BCUT2D eigenvalue weighted by Gasteiger charge is 2.14. The Labute approximate surface area is 100 Å². The highest BCUT2D eigenvalue weighted by Crippen LogP contribution is 2.22. The Morgan fingerprint density at radius 3 is 2.88 bits per heavy atom. The second-order valence-corrected chi connectivity index (χ2v) is 3.88. The zero-order chi connectivity index (χ0) is 12.4. The predicted octanol–water partition coefficient (Wildman–Crippen LogP) is 1.42. The fourth-order valence-corrected chi connectivity index (χ4v) is 1.75. The molecule has 1 aromatic heterocycles. The first-order valence-electron chi connectivity index (χ1n) is 4.52. The van der Waals surface area contributed by atoms with Gasteiger partial charge in [-0.05, 0) is 29.7 Å². The van der Waals surface area contributed by atoms with Crippen LogP contribution in [-0.2, 0) is 0 Å². The Balaban J connectivity index is 2.52. The molecule has 0 unspecified atom stereocenters. The van der Waals surface area contributed by atoms with Crippen LogP contribution in [0.1, 0.15) is 15.4 Å². The van der Waals surface area contributed by atoms with Crippen molar-refractivity contribution in [3.63, 3.8) is 0 Å². The SMILES string of the molecule is C#Cc1ccc(F)c(-c2nsc(C(N)=O)n2)c1. The highest BCUT2D eigenvalue weighted by molar-refractivity contribution is 7.07. The lowest BCUT2D eigenvalue weighted by atomic mass is 10.1. The third-order valence-electron chi connectivity index (χ3n) is 2.01. The Kier molecular flexibility index (Phi) is 2.85. The van der Waals surface area contributed by atoms with Crippen molar-refractivity contribution in [3.8, 4) is 23.7 Å². The summed E-state index contributed by atoms with van der Waals surface area (Å²) in [4.78, 5) is 14.7. The van der Waals surface area contributed by atoms with Crippen LogP contribution < -0.4 is 5.73 Å². The minimum absolute atomic E-state index is 0.0329. The lowest BCUT2D eigenvalue weighted by Gasteiger charge is -1.98. The number of rotatable bonds is 2. The maximum atomic E-state index is 13.5. The standard InChI is InChI=1S/C11H6FN3OS/c1-2-6-3-4-8(12)7(5-6)10-14-11(9(13)16)17-15-10/h1,3-5H,(H2,13,16). The van der Waals surface area contributed by atoms with Gasteiger partial charge in [-0.15, -0.1) is 6.42 Å². The van der Waals surface area contributed by atoms with E-state index in [0.29, 0.717) is 5.56 Å². The summed E-state index contributed by atoms with van der Waals surface area (Å²) in [5.41, 5.74) is 5.71. The third-order valence-corrected chi connectivity index (χ3v) is 2.74. The molecule has 2 aromatic rings. The molecule has 17 heavy (non-hydrogen) atoms. The van der Waals surface area contributed by atoms with Crippen LogP contribution >= 0.6 is 11.5 Å². The van der Waals surface area contributed by atoms with Crippen LogP contribution in [0.2, 0.25) is 0 Å². The highest BCUT2D eigenvalue weighted by atomic mass is 32.1. The van der Waals surface area contributed by atoms with Gasteiger partial charge in [-0.3, -0.25) is 4.79 Å². The number of terminal acetylenes is 1. The van der Waals surface area contributed by atoms with E-state index in [1.807, 2.05) is 0 Å². The second kappa shape index (κ2) is 4.31. The summed E-state index contributed by atoms with van der Waals surface area (Å²) in [5.74, 6) is 1.30. The quantitative estimate of drug-likeness (QED) is 0.816. The van der Waals surface area contributed by atoms with Crippen molar-refractivity contribution >= 4 is 17.4 Å². The molecule has 0 aliphatic heterocycles. The molecule has 0 radical (unpaired) electrons. The smallest absolute Gasteiger partial charge is 0.279 e. The molecule has 6 heteroatoms. The number of nitrogens with two attached hydrogens (primary N) is 1. The monoisotopic (exact) mass is 247 g/mol. The number of hydrogen-bond donors (Lipinski definition) is 1. The number of amides is 1. The zero-order valence-electron chi connectivity index (χ0n) is 8.48. The van der Waals surface area contributed by atoms with Gasteiger partial charge in [-0.1, -0.05) is 5.92 Å².